The molecule has 0 unspecified atom stereocenters. The Morgan fingerprint density at radius 1 is 1.31 bits per heavy atom. The largest absolute Gasteiger partial charge is 0.351 e. The van der Waals surface area contributed by atoms with Gasteiger partial charge < -0.3 is 9.47 Å². The Balaban J connectivity index is 2.56. The van der Waals surface area contributed by atoms with Crippen LogP contribution in [0, 0.1) is 0 Å². The summed E-state index contributed by atoms with van der Waals surface area (Å²) in [6.45, 7) is 5.07. The molecule has 5 heteroatoms. The molecule has 13 heavy (non-hydrogen) atoms. The second-order valence-corrected chi connectivity index (χ2v) is 7.43. The van der Waals surface area contributed by atoms with Gasteiger partial charge in [-0.05, 0) is 13.8 Å². The van der Waals surface area contributed by atoms with Gasteiger partial charge in [-0.25, -0.2) is 0 Å². The molecule has 1 saturated carbocycles. The van der Waals surface area contributed by atoms with Crippen LogP contribution in [0.3, 0.4) is 0 Å². The van der Waals surface area contributed by atoms with Crippen molar-refractivity contribution in [2.24, 2.45) is 0 Å². The molecular weight excluding hydrogens is 323 g/mol. The summed E-state index contributed by atoms with van der Waals surface area (Å²) in [5.41, 5.74) is 0. The number of alkyl halides is 3. The second-order valence-electron chi connectivity index (χ2n) is 2.99. The van der Waals surface area contributed by atoms with E-state index in [0.717, 1.165) is 6.42 Å². The van der Waals surface area contributed by atoms with Crippen LogP contribution in [0.2, 0.25) is 0 Å². The van der Waals surface area contributed by atoms with Crippen LogP contribution in [-0.4, -0.2) is 27.6 Å². The molecule has 1 aliphatic carbocycles. The van der Waals surface area contributed by atoms with Crippen LogP contribution in [0.5, 0.6) is 0 Å². The van der Waals surface area contributed by atoms with Crippen LogP contribution in [0.1, 0.15) is 20.3 Å². The minimum absolute atomic E-state index is 0.233. The van der Waals surface area contributed by atoms with Crippen molar-refractivity contribution in [3.8, 4) is 0 Å². The Labute approximate surface area is 101 Å². The zero-order valence-corrected chi connectivity index (χ0v) is 11.6. The lowest BCUT2D eigenvalue weighted by Gasteiger charge is -2.23. The van der Waals surface area contributed by atoms with Crippen molar-refractivity contribution in [2.75, 3.05) is 13.2 Å². The van der Waals surface area contributed by atoms with E-state index in [0.29, 0.717) is 13.2 Å². The standard InChI is InChI=1S/C8H13Br2ClO2/c1-3-12-6(13-4-2)7(11)5-8(7,9)10/h6H,3-5H2,1-2H3/t7-/m1/s1. The van der Waals surface area contributed by atoms with E-state index in [4.69, 9.17) is 21.1 Å². The van der Waals surface area contributed by atoms with Crippen molar-refractivity contribution in [2.45, 2.75) is 34.7 Å². The fourth-order valence-electron chi connectivity index (χ4n) is 1.15. The minimum atomic E-state index is -0.473. The third-order valence-corrected chi connectivity index (χ3v) is 5.04. The van der Waals surface area contributed by atoms with Gasteiger partial charge >= 0.3 is 0 Å². The van der Waals surface area contributed by atoms with Crippen molar-refractivity contribution in [1.29, 1.82) is 0 Å². The van der Waals surface area contributed by atoms with Gasteiger partial charge in [0.25, 0.3) is 0 Å². The Kier molecular flexibility index (Phi) is 4.10. The molecule has 0 N–H and O–H groups in total. The molecule has 2 nitrogen and oxygen atoms in total. The van der Waals surface area contributed by atoms with E-state index in [1.54, 1.807) is 0 Å². The van der Waals surface area contributed by atoms with Crippen molar-refractivity contribution < 1.29 is 9.47 Å². The van der Waals surface area contributed by atoms with Crippen LogP contribution in [0.25, 0.3) is 0 Å². The number of hydrogen-bond donors (Lipinski definition) is 0. The molecule has 0 aromatic carbocycles. The van der Waals surface area contributed by atoms with Crippen molar-refractivity contribution in [1.82, 2.24) is 0 Å². The van der Waals surface area contributed by atoms with E-state index >= 15 is 0 Å². The third kappa shape index (κ3) is 2.40. The van der Waals surface area contributed by atoms with Crippen molar-refractivity contribution in [3.05, 3.63) is 0 Å². The summed E-state index contributed by atoms with van der Waals surface area (Å²) in [7, 11) is 0. The molecule has 1 rings (SSSR count). The van der Waals surface area contributed by atoms with Gasteiger partial charge in [0.2, 0.25) is 0 Å². The first kappa shape index (κ1) is 12.2. The fraction of sp³-hybridized carbons (Fsp3) is 1.00. The van der Waals surface area contributed by atoms with E-state index in [1.165, 1.54) is 0 Å². The Morgan fingerprint density at radius 3 is 1.92 bits per heavy atom. The highest BCUT2D eigenvalue weighted by Crippen LogP contribution is 2.66. The number of halogens is 3. The van der Waals surface area contributed by atoms with Gasteiger partial charge in [-0.2, -0.15) is 0 Å². The van der Waals surface area contributed by atoms with Gasteiger partial charge in [0.1, 0.15) is 8.11 Å². The maximum absolute atomic E-state index is 6.32. The van der Waals surface area contributed by atoms with Crippen LogP contribution in [0.15, 0.2) is 0 Å². The molecule has 1 aliphatic rings. The summed E-state index contributed by atoms with van der Waals surface area (Å²) in [4.78, 5) is -0.473. The van der Waals surface area contributed by atoms with Crippen LogP contribution in [0.4, 0.5) is 0 Å². The van der Waals surface area contributed by atoms with E-state index in [1.807, 2.05) is 13.8 Å². The fourth-order valence-corrected chi connectivity index (χ4v) is 3.06. The summed E-state index contributed by atoms with van der Waals surface area (Å²) < 4.78 is 10.6. The lowest BCUT2D eigenvalue weighted by molar-refractivity contribution is -0.141. The molecule has 0 saturated heterocycles. The van der Waals surface area contributed by atoms with E-state index in [-0.39, 0.29) is 9.52 Å². The highest BCUT2D eigenvalue weighted by Gasteiger charge is 2.69. The topological polar surface area (TPSA) is 18.5 Å². The molecule has 0 bridgehead atoms. The Bertz CT molecular complexity index is 183. The maximum Gasteiger partial charge on any atom is 0.178 e. The summed E-state index contributed by atoms with van der Waals surface area (Å²) in [6.07, 6.45) is 0.453. The molecule has 0 heterocycles. The smallest absolute Gasteiger partial charge is 0.178 e. The summed E-state index contributed by atoms with van der Waals surface area (Å²) in [6, 6.07) is 0. The van der Waals surface area contributed by atoms with Gasteiger partial charge in [-0.1, -0.05) is 31.9 Å². The molecule has 0 aromatic heterocycles. The molecule has 0 aliphatic heterocycles. The van der Waals surface area contributed by atoms with Gasteiger partial charge in [0.05, 0.1) is 0 Å². The molecule has 0 radical (unpaired) electrons. The molecule has 0 amide bonds. The van der Waals surface area contributed by atoms with Gasteiger partial charge in [0.15, 0.2) is 6.29 Å². The lowest BCUT2D eigenvalue weighted by Crippen LogP contribution is -2.33. The van der Waals surface area contributed by atoms with E-state index in [9.17, 15) is 0 Å². The predicted octanol–water partition coefficient (Wildman–Crippen LogP) is 3.25. The average molecular weight is 336 g/mol. The maximum atomic E-state index is 6.32. The first-order valence-electron chi connectivity index (χ1n) is 4.28. The first-order chi connectivity index (χ1) is 5.98. The normalized spacial score (nSPS) is 30.9. The zero-order valence-electron chi connectivity index (χ0n) is 7.65. The SMILES string of the molecule is CCOC(OCC)[C@]1(Cl)CC1(Br)Br. The van der Waals surface area contributed by atoms with Gasteiger partial charge in [0, 0.05) is 19.6 Å². The summed E-state index contributed by atoms with van der Waals surface area (Å²) in [5, 5.41) is 0. The summed E-state index contributed by atoms with van der Waals surface area (Å²) >= 11 is 13.3. The number of ether oxygens (including phenoxy) is 2. The predicted molar refractivity (Wildman–Crippen MR) is 60.8 cm³/mol. The number of rotatable bonds is 5. The Hall–Kier alpha value is 1.17. The van der Waals surface area contributed by atoms with Gasteiger partial charge in [-0.3, -0.25) is 0 Å². The monoisotopic (exact) mass is 334 g/mol. The van der Waals surface area contributed by atoms with Crippen LogP contribution >= 0.6 is 43.5 Å². The van der Waals surface area contributed by atoms with Crippen LogP contribution in [-0.2, 0) is 9.47 Å². The number of hydrogen-bond acceptors (Lipinski definition) is 2. The van der Waals surface area contributed by atoms with Crippen molar-refractivity contribution >= 4 is 43.5 Å². The molecule has 0 aromatic rings. The molecular formula is C8H13Br2ClO2. The molecule has 1 atom stereocenters. The highest BCUT2D eigenvalue weighted by atomic mass is 79.9. The third-order valence-electron chi connectivity index (χ3n) is 1.97. The van der Waals surface area contributed by atoms with E-state index < -0.39 is 4.87 Å². The van der Waals surface area contributed by atoms with Gasteiger partial charge in [-0.15, -0.1) is 11.6 Å². The average Bonchev–Trinajstić information content (AvgIpc) is 2.52. The van der Waals surface area contributed by atoms with Crippen molar-refractivity contribution in [3.63, 3.8) is 0 Å². The molecule has 1 fully saturated rings. The highest BCUT2D eigenvalue weighted by molar-refractivity contribution is 9.25. The molecule has 0 spiro atoms. The second kappa shape index (κ2) is 4.35. The van der Waals surface area contributed by atoms with E-state index in [2.05, 4.69) is 31.9 Å². The lowest BCUT2D eigenvalue weighted by atomic mass is 10.4. The first-order valence-corrected chi connectivity index (χ1v) is 6.24. The molecule has 78 valence electrons. The summed E-state index contributed by atoms with van der Waals surface area (Å²) in [5.74, 6) is 0. The minimum Gasteiger partial charge on any atom is -0.351 e. The Morgan fingerprint density at radius 2 is 1.69 bits per heavy atom. The van der Waals surface area contributed by atoms with Crippen LogP contribution < -0.4 is 0 Å². The quantitative estimate of drug-likeness (QED) is 0.567. The zero-order chi connectivity index (χ0) is 10.1.